The number of carbonyl (C=O) groups excluding carboxylic acids is 6. The quantitative estimate of drug-likeness (QED) is 0.186. The molecule has 0 bridgehead atoms. The van der Waals surface area contributed by atoms with Crippen molar-refractivity contribution in [1.82, 2.24) is 35.8 Å². The van der Waals surface area contributed by atoms with Crippen LogP contribution >= 0.6 is 15.9 Å². The second-order valence-electron chi connectivity index (χ2n) is 7.23. The number of aromatic nitrogens is 3. The number of ketones is 1. The van der Waals surface area contributed by atoms with Crippen LogP contribution in [0.3, 0.4) is 0 Å². The van der Waals surface area contributed by atoms with Crippen molar-refractivity contribution >= 4 is 51.2 Å². The lowest BCUT2D eigenvalue weighted by atomic mass is 10.2. The van der Waals surface area contributed by atoms with Gasteiger partial charge in [-0.15, -0.1) is 5.10 Å². The molecule has 0 saturated carbocycles. The van der Waals surface area contributed by atoms with Crippen molar-refractivity contribution in [2.45, 2.75) is 32.7 Å². The summed E-state index contributed by atoms with van der Waals surface area (Å²) in [4.78, 5) is 74.6. The molecule has 0 radical (unpaired) electrons. The summed E-state index contributed by atoms with van der Waals surface area (Å²) in [6.07, 6.45) is 1.10. The van der Waals surface area contributed by atoms with Gasteiger partial charge < -0.3 is 26.6 Å². The van der Waals surface area contributed by atoms with E-state index in [1.807, 2.05) is 0 Å². The highest BCUT2D eigenvalue weighted by molar-refractivity contribution is 9.11. The van der Waals surface area contributed by atoms with Crippen molar-refractivity contribution in [3.05, 3.63) is 22.4 Å². The highest BCUT2D eigenvalue weighted by Gasteiger charge is 2.29. The molecular formula is C20H29BrN8O6. The van der Waals surface area contributed by atoms with Gasteiger partial charge in [0.05, 0.1) is 6.54 Å². The summed E-state index contributed by atoms with van der Waals surface area (Å²) >= 11 is 2.99. The Morgan fingerprint density at radius 2 is 1.74 bits per heavy atom. The number of nitrogens with zero attached hydrogens (tertiary/aromatic N) is 4. The zero-order valence-corrected chi connectivity index (χ0v) is 21.1. The fraction of sp³-hybridized carbons (Fsp3) is 0.500. The Balaban J connectivity index is 3.24. The lowest BCUT2D eigenvalue weighted by Crippen LogP contribution is -2.39. The van der Waals surface area contributed by atoms with Crippen molar-refractivity contribution < 1.29 is 28.8 Å². The summed E-state index contributed by atoms with van der Waals surface area (Å²) in [6.45, 7) is 1.30. The van der Waals surface area contributed by atoms with Gasteiger partial charge in [0.1, 0.15) is 5.78 Å². The molecular weight excluding hydrogens is 528 g/mol. The molecule has 1 aromatic rings. The van der Waals surface area contributed by atoms with Crippen molar-refractivity contribution in [3.63, 3.8) is 0 Å². The average molecular weight is 557 g/mol. The van der Waals surface area contributed by atoms with Gasteiger partial charge in [-0.25, -0.2) is 4.68 Å². The summed E-state index contributed by atoms with van der Waals surface area (Å²) in [5.74, 6) is -2.95. The summed E-state index contributed by atoms with van der Waals surface area (Å²) in [6, 6.07) is 0. The summed E-state index contributed by atoms with van der Waals surface area (Å²) < 4.78 is 1.15. The molecule has 0 unspecified atom stereocenters. The Morgan fingerprint density at radius 3 is 2.34 bits per heavy atom. The number of halogens is 1. The molecule has 0 fully saturated rings. The lowest BCUT2D eigenvalue weighted by molar-refractivity contribution is -0.121. The van der Waals surface area contributed by atoms with Crippen LogP contribution in [-0.4, -0.2) is 88.4 Å². The van der Waals surface area contributed by atoms with Crippen molar-refractivity contribution in [3.8, 4) is 0 Å². The first-order valence-corrected chi connectivity index (χ1v) is 11.6. The summed E-state index contributed by atoms with van der Waals surface area (Å²) in [7, 11) is 1.44. The molecule has 0 spiro atoms. The maximum Gasteiger partial charge on any atom is 0.274 e. The third-order valence-corrected chi connectivity index (χ3v) is 4.82. The highest BCUT2D eigenvalue weighted by atomic mass is 79.9. The Labute approximate surface area is 210 Å². The van der Waals surface area contributed by atoms with E-state index < -0.39 is 23.6 Å². The standard InChI is InChI=1S/C20H29BrN8O6/c1-13(30)4-8-25-19(34)17-18(29(27-26-17)12-9-24-16(33)3-7-21)20(35)28(10-5-14(22)31)11-6-15(32)23-2/h3,7H,4-6,8-12H2,1-2H3,(H2,22,31)(H,23,32)(H,24,33)(H,25,34)/b7-3+. The van der Waals surface area contributed by atoms with Gasteiger partial charge in [-0.05, 0) is 11.9 Å². The first kappa shape index (κ1) is 29.4. The van der Waals surface area contributed by atoms with E-state index in [2.05, 4.69) is 42.2 Å². The van der Waals surface area contributed by atoms with Gasteiger partial charge in [0, 0.05) is 58.6 Å². The number of hydrogen-bond donors (Lipinski definition) is 4. The first-order valence-electron chi connectivity index (χ1n) is 10.6. The Kier molecular flexibility index (Phi) is 12.9. The minimum atomic E-state index is -0.728. The minimum Gasteiger partial charge on any atom is -0.370 e. The van der Waals surface area contributed by atoms with Gasteiger partial charge >= 0.3 is 0 Å². The number of amides is 5. The van der Waals surface area contributed by atoms with Gasteiger partial charge in [-0.3, -0.25) is 28.8 Å². The van der Waals surface area contributed by atoms with E-state index in [0.29, 0.717) is 0 Å². The predicted octanol–water partition coefficient (Wildman–Crippen LogP) is -1.53. The molecule has 35 heavy (non-hydrogen) atoms. The van der Waals surface area contributed by atoms with Crippen LogP contribution < -0.4 is 21.7 Å². The molecule has 0 aromatic carbocycles. The largest absolute Gasteiger partial charge is 0.370 e. The summed E-state index contributed by atoms with van der Waals surface area (Å²) in [5, 5.41) is 15.2. The van der Waals surface area contributed by atoms with E-state index in [-0.39, 0.29) is 75.1 Å². The van der Waals surface area contributed by atoms with Gasteiger partial charge in [0.15, 0.2) is 11.4 Å². The van der Waals surface area contributed by atoms with E-state index >= 15 is 0 Å². The number of nitrogens with two attached hydrogens (primary N) is 1. The molecule has 0 saturated heterocycles. The van der Waals surface area contributed by atoms with Gasteiger partial charge in [-0.1, -0.05) is 21.1 Å². The fourth-order valence-corrected chi connectivity index (χ4v) is 2.98. The third-order valence-electron chi connectivity index (χ3n) is 4.56. The fourth-order valence-electron chi connectivity index (χ4n) is 2.74. The maximum atomic E-state index is 13.4. The molecule has 1 heterocycles. The summed E-state index contributed by atoms with van der Waals surface area (Å²) in [5.41, 5.74) is 4.73. The second kappa shape index (κ2) is 15.3. The van der Waals surface area contributed by atoms with Crippen LogP contribution in [0.5, 0.6) is 0 Å². The zero-order chi connectivity index (χ0) is 26.4. The number of carbonyl (C=O) groups is 6. The highest BCUT2D eigenvalue weighted by Crippen LogP contribution is 2.12. The number of rotatable bonds is 15. The zero-order valence-electron chi connectivity index (χ0n) is 19.5. The number of hydrogen-bond acceptors (Lipinski definition) is 8. The first-order chi connectivity index (χ1) is 16.6. The normalized spacial score (nSPS) is 10.6. The van der Waals surface area contributed by atoms with Crippen LogP contribution in [0.15, 0.2) is 11.1 Å². The molecule has 0 aliphatic heterocycles. The van der Waals surface area contributed by atoms with E-state index in [9.17, 15) is 28.8 Å². The predicted molar refractivity (Wildman–Crippen MR) is 127 cm³/mol. The molecule has 0 aliphatic carbocycles. The van der Waals surface area contributed by atoms with Crippen LogP contribution in [0, 0.1) is 0 Å². The number of primary amides is 1. The second-order valence-corrected chi connectivity index (χ2v) is 7.76. The van der Waals surface area contributed by atoms with Crippen LogP contribution in [0.2, 0.25) is 0 Å². The number of Topliss-reactive ketones (excluding diaryl/α,β-unsaturated/α-hetero) is 1. The molecule has 14 nitrogen and oxygen atoms in total. The van der Waals surface area contributed by atoms with E-state index in [0.717, 1.165) is 4.68 Å². The molecule has 0 atom stereocenters. The van der Waals surface area contributed by atoms with Crippen molar-refractivity contribution in [2.24, 2.45) is 5.73 Å². The van der Waals surface area contributed by atoms with Crippen LogP contribution in [0.1, 0.15) is 47.2 Å². The third kappa shape index (κ3) is 10.5. The molecule has 1 aromatic heterocycles. The molecule has 1 rings (SSSR count). The van der Waals surface area contributed by atoms with Crippen molar-refractivity contribution in [2.75, 3.05) is 33.2 Å². The van der Waals surface area contributed by atoms with Crippen molar-refractivity contribution in [1.29, 1.82) is 0 Å². The van der Waals surface area contributed by atoms with E-state index in [1.54, 1.807) is 0 Å². The Hall–Kier alpha value is -3.62. The van der Waals surface area contributed by atoms with Crippen LogP contribution in [-0.2, 0) is 25.7 Å². The van der Waals surface area contributed by atoms with E-state index in [1.165, 1.54) is 29.9 Å². The molecule has 192 valence electrons. The molecule has 5 N–H and O–H groups in total. The monoisotopic (exact) mass is 556 g/mol. The number of nitrogens with one attached hydrogen (secondary N) is 3. The average Bonchev–Trinajstić information content (AvgIpc) is 3.22. The SMILES string of the molecule is CNC(=O)CCN(CCC(N)=O)C(=O)c1c(C(=O)NCCC(C)=O)nnn1CCNC(=O)/C=C/Br. The van der Waals surface area contributed by atoms with Gasteiger partial charge in [0.25, 0.3) is 11.8 Å². The lowest BCUT2D eigenvalue weighted by Gasteiger charge is -2.22. The Bertz CT molecular complexity index is 977. The van der Waals surface area contributed by atoms with Crippen LogP contribution in [0.4, 0.5) is 0 Å². The topological polar surface area (TPSA) is 198 Å². The Morgan fingerprint density at radius 1 is 1.06 bits per heavy atom. The molecule has 5 amide bonds. The molecule has 0 aliphatic rings. The van der Waals surface area contributed by atoms with Crippen LogP contribution in [0.25, 0.3) is 0 Å². The van der Waals surface area contributed by atoms with Gasteiger partial charge in [-0.2, -0.15) is 0 Å². The maximum absolute atomic E-state index is 13.4. The van der Waals surface area contributed by atoms with Gasteiger partial charge in [0.2, 0.25) is 17.7 Å². The van der Waals surface area contributed by atoms with E-state index in [4.69, 9.17) is 5.73 Å². The minimum absolute atomic E-state index is 0.00420. The smallest absolute Gasteiger partial charge is 0.274 e. The molecule has 15 heteroatoms.